The summed E-state index contributed by atoms with van der Waals surface area (Å²) in [6, 6.07) is 7.10. The zero-order valence-electron chi connectivity index (χ0n) is 9.61. The van der Waals surface area contributed by atoms with Gasteiger partial charge in [0.1, 0.15) is 6.26 Å². The summed E-state index contributed by atoms with van der Waals surface area (Å²) in [6.07, 6.45) is 1.24. The zero-order chi connectivity index (χ0) is 13.9. The van der Waals surface area contributed by atoms with Crippen LogP contribution in [-0.2, 0) is 15.8 Å². The number of benzene rings is 1. The summed E-state index contributed by atoms with van der Waals surface area (Å²) in [5, 5.41) is 12.3. The largest absolute Gasteiger partial charge is 0.478 e. The molecule has 0 aliphatic heterocycles. The molecule has 0 saturated carbocycles. The summed E-state index contributed by atoms with van der Waals surface area (Å²) in [5.74, 6) is -1.38. The highest BCUT2D eigenvalue weighted by Crippen LogP contribution is 2.12. The van der Waals surface area contributed by atoms with E-state index >= 15 is 0 Å². The first-order chi connectivity index (χ1) is 8.96. The maximum Gasteiger partial charge on any atom is 0.335 e. The number of nitrogens with one attached hydrogen (secondary N) is 1. The van der Waals surface area contributed by atoms with Crippen LogP contribution in [-0.4, -0.2) is 24.7 Å². The Bertz CT molecular complexity index is 679. The van der Waals surface area contributed by atoms with Crippen molar-refractivity contribution in [1.82, 2.24) is 5.16 Å². The highest BCUT2D eigenvalue weighted by molar-refractivity contribution is 7.91. The molecule has 19 heavy (non-hydrogen) atoms. The summed E-state index contributed by atoms with van der Waals surface area (Å²) in [7, 11) is -3.67. The van der Waals surface area contributed by atoms with Gasteiger partial charge in [-0.05, 0) is 17.7 Å². The second-order valence-electron chi connectivity index (χ2n) is 3.75. The van der Waals surface area contributed by atoms with Gasteiger partial charge in [-0.1, -0.05) is 17.3 Å². The number of aromatic carboxylic acids is 1. The van der Waals surface area contributed by atoms with Crippen molar-refractivity contribution in [2.24, 2.45) is 0 Å². The lowest BCUT2D eigenvalue weighted by atomic mass is 10.1. The van der Waals surface area contributed by atoms with E-state index < -0.39 is 16.0 Å². The Morgan fingerprint density at radius 3 is 2.79 bits per heavy atom. The van der Waals surface area contributed by atoms with E-state index in [1.165, 1.54) is 36.6 Å². The highest BCUT2D eigenvalue weighted by Gasteiger charge is 2.14. The van der Waals surface area contributed by atoms with Crippen molar-refractivity contribution >= 4 is 21.8 Å². The summed E-state index contributed by atoms with van der Waals surface area (Å²) in [6.45, 7) is 0. The molecule has 7 nitrogen and oxygen atoms in total. The van der Waals surface area contributed by atoms with E-state index in [1.807, 2.05) is 0 Å². The second-order valence-corrected chi connectivity index (χ2v) is 5.47. The summed E-state index contributed by atoms with van der Waals surface area (Å²) < 4.78 is 30.3. The molecule has 0 aliphatic carbocycles. The lowest BCUT2D eigenvalue weighted by molar-refractivity contribution is 0.0696. The predicted molar refractivity (Wildman–Crippen MR) is 66.2 cm³/mol. The Labute approximate surface area is 108 Å². The van der Waals surface area contributed by atoms with Gasteiger partial charge in [-0.2, -0.15) is 0 Å². The van der Waals surface area contributed by atoms with Gasteiger partial charge in [0.15, 0.2) is 5.82 Å². The molecule has 1 aromatic heterocycles. The fraction of sp³-hybridized carbons (Fsp3) is 0.0909. The van der Waals surface area contributed by atoms with Crippen molar-refractivity contribution in [3.05, 3.63) is 47.7 Å². The molecule has 0 fully saturated rings. The summed E-state index contributed by atoms with van der Waals surface area (Å²) >= 11 is 0. The van der Waals surface area contributed by atoms with Crippen LogP contribution in [0.15, 0.2) is 41.1 Å². The quantitative estimate of drug-likeness (QED) is 0.855. The summed E-state index contributed by atoms with van der Waals surface area (Å²) in [5.41, 5.74) is 0.407. The zero-order valence-corrected chi connectivity index (χ0v) is 10.4. The van der Waals surface area contributed by atoms with Crippen molar-refractivity contribution < 1.29 is 22.8 Å². The predicted octanol–water partition coefficient (Wildman–Crippen LogP) is 1.31. The van der Waals surface area contributed by atoms with E-state index in [2.05, 4.69) is 14.4 Å². The number of carboxylic acids is 1. The van der Waals surface area contributed by atoms with Gasteiger partial charge in [0.2, 0.25) is 10.0 Å². The van der Waals surface area contributed by atoms with Crippen LogP contribution in [0.25, 0.3) is 0 Å². The Morgan fingerprint density at radius 2 is 2.16 bits per heavy atom. The molecule has 100 valence electrons. The molecular formula is C11H10N2O5S. The molecule has 0 spiro atoms. The first kappa shape index (κ1) is 13.1. The number of nitrogens with zero attached hydrogens (tertiary/aromatic N) is 1. The molecule has 2 aromatic rings. The van der Waals surface area contributed by atoms with Crippen LogP contribution in [0.5, 0.6) is 0 Å². The maximum absolute atomic E-state index is 11.8. The fourth-order valence-corrected chi connectivity index (χ4v) is 2.59. The van der Waals surface area contributed by atoms with Crippen molar-refractivity contribution in [3.63, 3.8) is 0 Å². The van der Waals surface area contributed by atoms with Gasteiger partial charge in [0.05, 0.1) is 11.3 Å². The Balaban J connectivity index is 2.16. The maximum atomic E-state index is 11.8. The number of rotatable bonds is 5. The lowest BCUT2D eigenvalue weighted by Gasteiger charge is -2.05. The first-order valence-corrected chi connectivity index (χ1v) is 6.84. The standard InChI is InChI=1S/C11H10N2O5S/c14-11(15)9-3-1-2-8(6-9)7-19(16,17)13-10-4-5-18-12-10/h1-6H,7H2,(H,12,13)(H,14,15). The van der Waals surface area contributed by atoms with Crippen LogP contribution in [0.3, 0.4) is 0 Å². The van der Waals surface area contributed by atoms with Crippen molar-refractivity contribution in [3.8, 4) is 0 Å². The number of hydrogen-bond acceptors (Lipinski definition) is 5. The monoisotopic (exact) mass is 282 g/mol. The minimum absolute atomic E-state index is 0.0362. The van der Waals surface area contributed by atoms with E-state index in [1.54, 1.807) is 0 Å². The minimum Gasteiger partial charge on any atom is -0.478 e. The van der Waals surface area contributed by atoms with Crippen LogP contribution in [0, 0.1) is 0 Å². The molecule has 1 aromatic carbocycles. The number of hydrogen-bond donors (Lipinski definition) is 2. The van der Waals surface area contributed by atoms with Gasteiger partial charge in [-0.3, -0.25) is 4.72 Å². The molecule has 0 aliphatic rings. The SMILES string of the molecule is O=C(O)c1cccc(CS(=O)(=O)Nc2ccon2)c1. The Hall–Kier alpha value is -2.35. The average molecular weight is 282 g/mol. The molecule has 0 saturated heterocycles. The molecular weight excluding hydrogens is 272 g/mol. The van der Waals surface area contributed by atoms with Crippen LogP contribution >= 0.6 is 0 Å². The Kier molecular flexibility index (Phi) is 3.52. The van der Waals surface area contributed by atoms with E-state index in [4.69, 9.17) is 5.11 Å². The van der Waals surface area contributed by atoms with E-state index in [9.17, 15) is 13.2 Å². The minimum atomic E-state index is -3.67. The molecule has 8 heteroatoms. The first-order valence-electron chi connectivity index (χ1n) is 5.19. The smallest absolute Gasteiger partial charge is 0.335 e. The third-order valence-electron chi connectivity index (χ3n) is 2.23. The van der Waals surface area contributed by atoms with E-state index in [0.717, 1.165) is 0 Å². The molecule has 1 heterocycles. The average Bonchev–Trinajstić information content (AvgIpc) is 2.80. The van der Waals surface area contributed by atoms with E-state index in [0.29, 0.717) is 5.56 Å². The number of anilines is 1. The Morgan fingerprint density at radius 1 is 1.37 bits per heavy atom. The van der Waals surface area contributed by atoms with Crippen LogP contribution in [0.2, 0.25) is 0 Å². The third kappa shape index (κ3) is 3.55. The van der Waals surface area contributed by atoms with Crippen molar-refractivity contribution in [2.45, 2.75) is 5.75 Å². The molecule has 2 N–H and O–H groups in total. The summed E-state index contributed by atoms with van der Waals surface area (Å²) in [4.78, 5) is 10.8. The number of aromatic nitrogens is 1. The molecule has 0 unspecified atom stereocenters. The van der Waals surface area contributed by atoms with Crippen molar-refractivity contribution in [2.75, 3.05) is 4.72 Å². The van der Waals surface area contributed by atoms with Gasteiger partial charge < -0.3 is 9.63 Å². The highest BCUT2D eigenvalue weighted by atomic mass is 32.2. The van der Waals surface area contributed by atoms with Crippen LogP contribution in [0.1, 0.15) is 15.9 Å². The van der Waals surface area contributed by atoms with Crippen LogP contribution in [0.4, 0.5) is 5.82 Å². The lowest BCUT2D eigenvalue weighted by Crippen LogP contribution is -2.15. The number of sulfonamides is 1. The topological polar surface area (TPSA) is 110 Å². The molecule has 0 bridgehead atoms. The molecule has 0 amide bonds. The third-order valence-corrected chi connectivity index (χ3v) is 3.46. The normalized spacial score (nSPS) is 11.2. The van der Waals surface area contributed by atoms with Gasteiger partial charge in [-0.15, -0.1) is 0 Å². The van der Waals surface area contributed by atoms with Crippen molar-refractivity contribution in [1.29, 1.82) is 0 Å². The molecule has 0 atom stereocenters. The number of carbonyl (C=O) groups is 1. The molecule has 0 radical (unpaired) electrons. The van der Waals surface area contributed by atoms with Gasteiger partial charge in [-0.25, -0.2) is 13.2 Å². The van der Waals surface area contributed by atoms with Gasteiger partial charge in [0, 0.05) is 6.07 Å². The molecule has 2 rings (SSSR count). The van der Waals surface area contributed by atoms with Gasteiger partial charge in [0.25, 0.3) is 0 Å². The second kappa shape index (κ2) is 5.11. The fourth-order valence-electron chi connectivity index (χ4n) is 1.47. The van der Waals surface area contributed by atoms with Crippen LogP contribution < -0.4 is 4.72 Å². The van der Waals surface area contributed by atoms with E-state index in [-0.39, 0.29) is 17.1 Å². The number of carboxylic acid groups (broad SMARTS) is 1. The van der Waals surface area contributed by atoms with Gasteiger partial charge >= 0.3 is 5.97 Å².